The van der Waals surface area contributed by atoms with Crippen LogP contribution in [-0.2, 0) is 0 Å². The molecule has 0 bridgehead atoms. The molecule has 0 atom stereocenters. The number of aromatic nitrogens is 2. The summed E-state index contributed by atoms with van der Waals surface area (Å²) in [5.74, 6) is 0.774. The van der Waals surface area contributed by atoms with E-state index in [1.807, 2.05) is 0 Å². The van der Waals surface area contributed by atoms with Crippen LogP contribution in [0.5, 0.6) is 0 Å². The van der Waals surface area contributed by atoms with Crippen molar-refractivity contribution >= 4 is 0 Å². The van der Waals surface area contributed by atoms with Crippen LogP contribution >= 0.6 is 0 Å². The zero-order valence-corrected chi connectivity index (χ0v) is 9.93. The third-order valence-corrected chi connectivity index (χ3v) is 3.33. The third kappa shape index (κ3) is 1.90. The van der Waals surface area contributed by atoms with E-state index in [1.54, 1.807) is 19.1 Å². The van der Waals surface area contributed by atoms with Gasteiger partial charge in [-0.05, 0) is 31.4 Å². The monoisotopic (exact) mass is 248 g/mol. The van der Waals surface area contributed by atoms with Crippen LogP contribution in [0.4, 0.5) is 4.39 Å². The number of aliphatic hydroxyl groups excluding tert-OH is 1. The number of halogens is 1. The first-order valence-corrected chi connectivity index (χ1v) is 5.91. The minimum Gasteiger partial charge on any atom is -0.393 e. The van der Waals surface area contributed by atoms with E-state index in [1.165, 1.54) is 6.07 Å². The highest BCUT2D eigenvalue weighted by atomic mass is 19.1. The number of aliphatic hydroxyl groups is 1. The van der Waals surface area contributed by atoms with Gasteiger partial charge in [-0.15, -0.1) is 0 Å². The lowest BCUT2D eigenvalue weighted by molar-refractivity contribution is 0.0625. The van der Waals surface area contributed by atoms with Crippen molar-refractivity contribution in [3.63, 3.8) is 0 Å². The fourth-order valence-electron chi connectivity index (χ4n) is 2.04. The van der Waals surface area contributed by atoms with E-state index < -0.39 is 0 Å². The Bertz CT molecular complexity index is 576. The lowest BCUT2D eigenvalue weighted by atomic mass is 9.82. The summed E-state index contributed by atoms with van der Waals surface area (Å²) >= 11 is 0. The van der Waals surface area contributed by atoms with Crippen molar-refractivity contribution in [2.45, 2.75) is 31.8 Å². The van der Waals surface area contributed by atoms with Crippen molar-refractivity contribution in [1.29, 1.82) is 0 Å². The molecule has 1 heterocycles. The Hall–Kier alpha value is -1.75. The van der Waals surface area contributed by atoms with Crippen LogP contribution in [0.1, 0.15) is 30.2 Å². The van der Waals surface area contributed by atoms with Crippen LogP contribution < -0.4 is 0 Å². The normalized spacial score (nSPS) is 22.8. The number of rotatable bonds is 2. The summed E-state index contributed by atoms with van der Waals surface area (Å²) in [6.07, 6.45) is 1.05. The Morgan fingerprint density at radius 3 is 2.83 bits per heavy atom. The first-order chi connectivity index (χ1) is 8.63. The van der Waals surface area contributed by atoms with Gasteiger partial charge in [0, 0.05) is 11.5 Å². The van der Waals surface area contributed by atoms with Gasteiger partial charge in [-0.25, -0.2) is 4.39 Å². The van der Waals surface area contributed by atoms with E-state index in [0.29, 0.717) is 35.7 Å². The van der Waals surface area contributed by atoms with E-state index in [0.717, 1.165) is 0 Å². The van der Waals surface area contributed by atoms with Crippen molar-refractivity contribution in [3.05, 3.63) is 35.5 Å². The summed E-state index contributed by atoms with van der Waals surface area (Å²) in [7, 11) is 0. The topological polar surface area (TPSA) is 59.2 Å². The van der Waals surface area contributed by atoms with Gasteiger partial charge in [0.15, 0.2) is 0 Å². The highest BCUT2D eigenvalue weighted by Gasteiger charge is 2.33. The second-order valence-electron chi connectivity index (χ2n) is 4.74. The standard InChI is InChI=1S/C13H13FN2O2/c1-7-2-3-8(6-11(7)14)12-15-13(18-16-12)9-4-10(17)5-9/h2-3,6,9-10,17H,4-5H2,1H3. The van der Waals surface area contributed by atoms with Gasteiger partial charge in [-0.2, -0.15) is 4.98 Å². The zero-order chi connectivity index (χ0) is 12.7. The van der Waals surface area contributed by atoms with Crippen molar-refractivity contribution < 1.29 is 14.0 Å². The summed E-state index contributed by atoms with van der Waals surface area (Å²) in [5, 5.41) is 13.1. The van der Waals surface area contributed by atoms with Gasteiger partial charge in [-0.3, -0.25) is 0 Å². The molecule has 3 rings (SSSR count). The molecule has 0 spiro atoms. The van der Waals surface area contributed by atoms with Crippen molar-refractivity contribution in [1.82, 2.24) is 10.1 Å². The first kappa shape index (κ1) is 11.3. The fourth-order valence-corrected chi connectivity index (χ4v) is 2.04. The van der Waals surface area contributed by atoms with Gasteiger partial charge in [0.05, 0.1) is 6.10 Å². The van der Waals surface area contributed by atoms with Gasteiger partial charge < -0.3 is 9.63 Å². The predicted molar refractivity (Wildman–Crippen MR) is 62.4 cm³/mol. The molecular formula is C13H13FN2O2. The minimum atomic E-state index is -0.280. The van der Waals surface area contributed by atoms with Crippen molar-refractivity contribution in [2.75, 3.05) is 0 Å². The Balaban J connectivity index is 1.86. The maximum absolute atomic E-state index is 13.4. The molecule has 1 aliphatic rings. The summed E-state index contributed by atoms with van der Waals surface area (Å²) < 4.78 is 18.6. The third-order valence-electron chi connectivity index (χ3n) is 3.33. The minimum absolute atomic E-state index is 0.136. The van der Waals surface area contributed by atoms with Crippen LogP contribution in [0, 0.1) is 12.7 Å². The molecule has 18 heavy (non-hydrogen) atoms. The summed E-state index contributed by atoms with van der Waals surface area (Å²) in [4.78, 5) is 4.25. The van der Waals surface area contributed by atoms with Crippen LogP contribution in [0.2, 0.25) is 0 Å². The predicted octanol–water partition coefficient (Wildman–Crippen LogP) is 2.42. The smallest absolute Gasteiger partial charge is 0.230 e. The van der Waals surface area contributed by atoms with Gasteiger partial charge in [0.1, 0.15) is 5.82 Å². The Morgan fingerprint density at radius 1 is 1.39 bits per heavy atom. The average molecular weight is 248 g/mol. The molecule has 4 nitrogen and oxygen atoms in total. The van der Waals surface area contributed by atoms with Crippen LogP contribution in [0.25, 0.3) is 11.4 Å². The Kier molecular flexibility index (Phi) is 2.63. The van der Waals surface area contributed by atoms with Gasteiger partial charge in [-0.1, -0.05) is 17.3 Å². The second kappa shape index (κ2) is 4.17. The van der Waals surface area contributed by atoms with E-state index >= 15 is 0 Å². The molecule has 1 N–H and O–H groups in total. The van der Waals surface area contributed by atoms with E-state index in [-0.39, 0.29) is 17.8 Å². The lowest BCUT2D eigenvalue weighted by Crippen LogP contribution is -2.26. The molecule has 1 aromatic carbocycles. The maximum atomic E-state index is 13.4. The molecule has 1 aliphatic carbocycles. The quantitative estimate of drug-likeness (QED) is 0.886. The Morgan fingerprint density at radius 2 is 2.17 bits per heavy atom. The zero-order valence-electron chi connectivity index (χ0n) is 9.93. The summed E-state index contributed by atoms with van der Waals surface area (Å²) in [5.41, 5.74) is 1.19. The highest BCUT2D eigenvalue weighted by molar-refractivity contribution is 5.55. The number of hydrogen-bond donors (Lipinski definition) is 1. The molecule has 1 fully saturated rings. The van der Waals surface area contributed by atoms with Crippen molar-refractivity contribution in [3.8, 4) is 11.4 Å². The number of aryl methyl sites for hydroxylation is 1. The number of benzene rings is 1. The molecule has 2 aromatic rings. The van der Waals surface area contributed by atoms with Crippen LogP contribution in [0.15, 0.2) is 22.7 Å². The maximum Gasteiger partial charge on any atom is 0.230 e. The second-order valence-corrected chi connectivity index (χ2v) is 4.74. The summed E-state index contributed by atoms with van der Waals surface area (Å²) in [6, 6.07) is 4.86. The Labute approximate surface area is 103 Å². The summed E-state index contributed by atoms with van der Waals surface area (Å²) in [6.45, 7) is 1.70. The lowest BCUT2D eigenvalue weighted by Gasteiger charge is -2.27. The first-order valence-electron chi connectivity index (χ1n) is 5.91. The van der Waals surface area contributed by atoms with Gasteiger partial charge >= 0.3 is 0 Å². The van der Waals surface area contributed by atoms with Crippen molar-refractivity contribution in [2.24, 2.45) is 0 Å². The van der Waals surface area contributed by atoms with E-state index in [9.17, 15) is 9.50 Å². The molecule has 5 heteroatoms. The molecule has 1 aromatic heterocycles. The molecule has 0 unspecified atom stereocenters. The SMILES string of the molecule is Cc1ccc(-c2noc(C3CC(O)C3)n2)cc1F. The molecule has 0 amide bonds. The molecule has 1 saturated carbocycles. The molecular weight excluding hydrogens is 235 g/mol. The van der Waals surface area contributed by atoms with Gasteiger partial charge in [0.25, 0.3) is 0 Å². The van der Waals surface area contributed by atoms with Crippen LogP contribution in [-0.4, -0.2) is 21.4 Å². The van der Waals surface area contributed by atoms with Gasteiger partial charge in [0.2, 0.25) is 11.7 Å². The van der Waals surface area contributed by atoms with E-state index in [2.05, 4.69) is 10.1 Å². The van der Waals surface area contributed by atoms with E-state index in [4.69, 9.17) is 4.52 Å². The van der Waals surface area contributed by atoms with Crippen LogP contribution in [0.3, 0.4) is 0 Å². The number of nitrogens with zero attached hydrogens (tertiary/aromatic N) is 2. The molecule has 0 aliphatic heterocycles. The highest BCUT2D eigenvalue weighted by Crippen LogP contribution is 2.36. The largest absolute Gasteiger partial charge is 0.393 e. The molecule has 0 radical (unpaired) electrons. The average Bonchev–Trinajstić information content (AvgIpc) is 2.78. The fraction of sp³-hybridized carbons (Fsp3) is 0.385. The molecule has 94 valence electrons. The molecule has 0 saturated heterocycles. The number of hydrogen-bond acceptors (Lipinski definition) is 4.